The first-order chi connectivity index (χ1) is 9.88. The summed E-state index contributed by atoms with van der Waals surface area (Å²) >= 11 is 0. The molecule has 0 bridgehead atoms. The quantitative estimate of drug-likeness (QED) is 0.800. The van der Waals surface area contributed by atoms with E-state index < -0.39 is 26.6 Å². The molecule has 0 saturated heterocycles. The minimum Gasteiger partial charge on any atom is -0.316 e. The SMILES string of the molecule is CCCN(CCC)S(=O)(=O)c1cc(CNC)cc(F)c1F. The van der Waals surface area contributed by atoms with Crippen LogP contribution in [0.25, 0.3) is 0 Å². The molecule has 120 valence electrons. The number of hydrogen-bond donors (Lipinski definition) is 1. The molecule has 0 spiro atoms. The monoisotopic (exact) mass is 320 g/mol. The number of hydrogen-bond acceptors (Lipinski definition) is 3. The van der Waals surface area contributed by atoms with E-state index in [9.17, 15) is 17.2 Å². The number of nitrogens with one attached hydrogen (secondary N) is 1. The number of benzene rings is 1. The largest absolute Gasteiger partial charge is 0.316 e. The Hall–Kier alpha value is -1.05. The summed E-state index contributed by atoms with van der Waals surface area (Å²) < 4.78 is 53.9. The molecule has 1 aromatic carbocycles. The van der Waals surface area contributed by atoms with Crippen LogP contribution >= 0.6 is 0 Å². The number of halogens is 2. The lowest BCUT2D eigenvalue weighted by molar-refractivity contribution is 0.402. The van der Waals surface area contributed by atoms with Crippen molar-refractivity contribution in [2.45, 2.75) is 38.1 Å². The summed E-state index contributed by atoms with van der Waals surface area (Å²) in [4.78, 5) is -0.588. The molecule has 1 N–H and O–H groups in total. The second-order valence-corrected chi connectivity index (χ2v) is 6.73. The Morgan fingerprint density at radius 2 is 1.71 bits per heavy atom. The fourth-order valence-corrected chi connectivity index (χ4v) is 3.85. The molecule has 0 heterocycles. The molecule has 0 radical (unpaired) electrons. The fourth-order valence-electron chi connectivity index (χ4n) is 2.10. The molecule has 1 rings (SSSR count). The molecule has 0 fully saturated rings. The van der Waals surface area contributed by atoms with Crippen molar-refractivity contribution >= 4 is 10.0 Å². The Morgan fingerprint density at radius 1 is 1.14 bits per heavy atom. The average molecular weight is 320 g/mol. The van der Waals surface area contributed by atoms with Crippen molar-refractivity contribution in [2.75, 3.05) is 20.1 Å². The zero-order valence-electron chi connectivity index (χ0n) is 12.6. The van der Waals surface area contributed by atoms with E-state index in [2.05, 4.69) is 5.32 Å². The summed E-state index contributed by atoms with van der Waals surface area (Å²) in [6, 6.07) is 2.21. The van der Waals surface area contributed by atoms with Crippen LogP contribution in [-0.2, 0) is 16.6 Å². The number of nitrogens with zero attached hydrogens (tertiary/aromatic N) is 1. The Labute approximate surface area is 125 Å². The highest BCUT2D eigenvalue weighted by Crippen LogP contribution is 2.24. The Kier molecular flexibility index (Phi) is 6.70. The van der Waals surface area contributed by atoms with E-state index >= 15 is 0 Å². The van der Waals surface area contributed by atoms with Gasteiger partial charge in [-0.15, -0.1) is 0 Å². The molecule has 0 aliphatic carbocycles. The van der Waals surface area contributed by atoms with Crippen molar-refractivity contribution in [2.24, 2.45) is 0 Å². The van der Waals surface area contributed by atoms with Crippen molar-refractivity contribution in [3.8, 4) is 0 Å². The summed E-state index contributed by atoms with van der Waals surface area (Å²) in [6.45, 7) is 4.52. The van der Waals surface area contributed by atoms with Gasteiger partial charge in [0.15, 0.2) is 11.6 Å². The molecule has 21 heavy (non-hydrogen) atoms. The maximum atomic E-state index is 14.0. The molecule has 7 heteroatoms. The third-order valence-corrected chi connectivity index (χ3v) is 4.90. The normalized spacial score (nSPS) is 12.1. The van der Waals surface area contributed by atoms with E-state index in [-0.39, 0.29) is 19.6 Å². The average Bonchev–Trinajstić information content (AvgIpc) is 2.42. The van der Waals surface area contributed by atoms with Crippen LogP contribution in [0.2, 0.25) is 0 Å². The van der Waals surface area contributed by atoms with Crippen LogP contribution in [0.5, 0.6) is 0 Å². The van der Waals surface area contributed by atoms with E-state index in [0.717, 1.165) is 6.07 Å². The van der Waals surface area contributed by atoms with Crippen LogP contribution < -0.4 is 5.32 Å². The van der Waals surface area contributed by atoms with Gasteiger partial charge in [-0.1, -0.05) is 13.8 Å². The van der Waals surface area contributed by atoms with Gasteiger partial charge in [-0.3, -0.25) is 0 Å². The predicted octanol–water partition coefficient (Wildman–Crippen LogP) is 2.49. The van der Waals surface area contributed by atoms with Crippen molar-refractivity contribution < 1.29 is 17.2 Å². The van der Waals surface area contributed by atoms with Crippen LogP contribution in [0.15, 0.2) is 17.0 Å². The highest BCUT2D eigenvalue weighted by molar-refractivity contribution is 7.89. The molecule has 0 saturated carbocycles. The number of sulfonamides is 1. The first-order valence-electron chi connectivity index (χ1n) is 7.01. The van der Waals surface area contributed by atoms with Crippen LogP contribution in [-0.4, -0.2) is 32.9 Å². The van der Waals surface area contributed by atoms with Crippen LogP contribution in [0.4, 0.5) is 8.78 Å². The molecule has 0 aliphatic heterocycles. The molecule has 0 unspecified atom stereocenters. The second kappa shape index (κ2) is 7.82. The van der Waals surface area contributed by atoms with Crippen molar-refractivity contribution in [1.82, 2.24) is 9.62 Å². The summed E-state index contributed by atoms with van der Waals surface area (Å²) in [5.74, 6) is -2.46. The van der Waals surface area contributed by atoms with Crippen molar-refractivity contribution in [3.05, 3.63) is 29.3 Å². The van der Waals surface area contributed by atoms with Gasteiger partial charge >= 0.3 is 0 Å². The van der Waals surface area contributed by atoms with Crippen molar-refractivity contribution in [1.29, 1.82) is 0 Å². The van der Waals surface area contributed by atoms with Gasteiger partial charge in [-0.05, 0) is 37.6 Å². The standard InChI is InChI=1S/C14H22F2N2O2S/c1-4-6-18(7-5-2)21(19,20)13-9-11(10-17-3)8-12(15)14(13)16/h8-9,17H,4-7,10H2,1-3H3. The van der Waals surface area contributed by atoms with Gasteiger partial charge in [0.05, 0.1) is 0 Å². The first kappa shape index (κ1) is 18.0. The summed E-state index contributed by atoms with van der Waals surface area (Å²) in [5, 5.41) is 2.79. The number of rotatable bonds is 8. The smallest absolute Gasteiger partial charge is 0.246 e. The summed E-state index contributed by atoms with van der Waals surface area (Å²) in [7, 11) is -2.38. The maximum Gasteiger partial charge on any atom is 0.246 e. The van der Waals surface area contributed by atoms with E-state index in [1.54, 1.807) is 7.05 Å². The van der Waals surface area contributed by atoms with E-state index in [1.165, 1.54) is 10.4 Å². The highest BCUT2D eigenvalue weighted by atomic mass is 32.2. The fraction of sp³-hybridized carbons (Fsp3) is 0.571. The zero-order chi connectivity index (χ0) is 16.0. The molecule has 0 aliphatic rings. The maximum absolute atomic E-state index is 14.0. The third-order valence-electron chi connectivity index (χ3n) is 3.00. The zero-order valence-corrected chi connectivity index (χ0v) is 13.4. The highest BCUT2D eigenvalue weighted by Gasteiger charge is 2.28. The summed E-state index contributed by atoms with van der Waals surface area (Å²) in [6.07, 6.45) is 1.22. The molecule has 4 nitrogen and oxygen atoms in total. The van der Waals surface area contributed by atoms with Crippen LogP contribution in [0.1, 0.15) is 32.3 Å². The molecule has 0 aromatic heterocycles. The van der Waals surface area contributed by atoms with Gasteiger partial charge in [0, 0.05) is 19.6 Å². The molecule has 1 aromatic rings. The Morgan fingerprint density at radius 3 is 2.19 bits per heavy atom. The topological polar surface area (TPSA) is 49.4 Å². The van der Waals surface area contributed by atoms with E-state index in [4.69, 9.17) is 0 Å². The van der Waals surface area contributed by atoms with Crippen LogP contribution in [0, 0.1) is 11.6 Å². The molecular formula is C14H22F2N2O2S. The van der Waals surface area contributed by atoms with Gasteiger partial charge < -0.3 is 5.32 Å². The minimum atomic E-state index is -4.03. The van der Waals surface area contributed by atoms with E-state index in [0.29, 0.717) is 18.4 Å². The summed E-state index contributed by atoms with van der Waals surface area (Å²) in [5.41, 5.74) is 0.392. The van der Waals surface area contributed by atoms with E-state index in [1.807, 2.05) is 13.8 Å². The van der Waals surface area contributed by atoms with Gasteiger partial charge in [-0.2, -0.15) is 4.31 Å². The third kappa shape index (κ3) is 4.21. The Balaban J connectivity index is 3.34. The van der Waals surface area contributed by atoms with Gasteiger partial charge in [0.25, 0.3) is 0 Å². The lowest BCUT2D eigenvalue weighted by atomic mass is 10.2. The van der Waals surface area contributed by atoms with Gasteiger partial charge in [0.1, 0.15) is 4.90 Å². The minimum absolute atomic E-state index is 0.265. The second-order valence-electron chi connectivity index (χ2n) is 4.82. The predicted molar refractivity (Wildman–Crippen MR) is 78.5 cm³/mol. The van der Waals surface area contributed by atoms with Gasteiger partial charge in [0.2, 0.25) is 10.0 Å². The molecule has 0 atom stereocenters. The van der Waals surface area contributed by atoms with Gasteiger partial charge in [-0.25, -0.2) is 17.2 Å². The Bertz CT molecular complexity index is 571. The lowest BCUT2D eigenvalue weighted by Crippen LogP contribution is -2.33. The van der Waals surface area contributed by atoms with Crippen LogP contribution in [0.3, 0.4) is 0 Å². The first-order valence-corrected chi connectivity index (χ1v) is 8.45. The lowest BCUT2D eigenvalue weighted by Gasteiger charge is -2.21. The molecular weight excluding hydrogens is 298 g/mol. The van der Waals surface area contributed by atoms with Crippen molar-refractivity contribution in [3.63, 3.8) is 0 Å². The molecule has 0 amide bonds.